The second kappa shape index (κ2) is 6.61. The van der Waals surface area contributed by atoms with Crippen LogP contribution in [0.2, 0.25) is 0 Å². The molecule has 0 aromatic heterocycles. The standard InChI is InChI=1S/C14H23N3O/c1-18-14-8-6-13(7-9-14)17-16-10-11-2-4-12(15)5-3-11/h6-9,11-12,16-17H,2-5,10,15H2,1H3/t11-,12-. The van der Waals surface area contributed by atoms with Crippen molar-refractivity contribution in [3.63, 3.8) is 0 Å². The summed E-state index contributed by atoms with van der Waals surface area (Å²) in [7, 11) is 1.68. The van der Waals surface area contributed by atoms with E-state index in [2.05, 4.69) is 10.9 Å². The molecule has 1 aromatic carbocycles. The molecule has 0 saturated heterocycles. The Hall–Kier alpha value is -1.26. The predicted octanol–water partition coefficient (Wildman–Crippen LogP) is 2.13. The SMILES string of the molecule is COc1ccc(NNC[C@H]2CC[C@H](N)CC2)cc1. The zero-order chi connectivity index (χ0) is 12.8. The van der Waals surface area contributed by atoms with Crippen molar-refractivity contribution in [3.05, 3.63) is 24.3 Å². The number of benzene rings is 1. The molecule has 0 aliphatic heterocycles. The molecule has 1 aromatic rings. The Morgan fingerprint density at radius 1 is 1.17 bits per heavy atom. The van der Waals surface area contributed by atoms with Gasteiger partial charge < -0.3 is 15.9 Å². The van der Waals surface area contributed by atoms with Gasteiger partial charge in [0.2, 0.25) is 0 Å². The molecule has 4 N–H and O–H groups in total. The topological polar surface area (TPSA) is 59.3 Å². The van der Waals surface area contributed by atoms with Gasteiger partial charge in [-0.2, -0.15) is 0 Å². The molecule has 100 valence electrons. The minimum absolute atomic E-state index is 0.427. The van der Waals surface area contributed by atoms with Crippen LogP contribution in [0.4, 0.5) is 5.69 Å². The second-order valence-corrected chi connectivity index (χ2v) is 5.02. The van der Waals surface area contributed by atoms with Crippen molar-refractivity contribution >= 4 is 5.69 Å². The van der Waals surface area contributed by atoms with Crippen molar-refractivity contribution in [1.29, 1.82) is 0 Å². The highest BCUT2D eigenvalue weighted by molar-refractivity contribution is 5.45. The molecule has 1 aliphatic rings. The summed E-state index contributed by atoms with van der Waals surface area (Å²) in [5, 5.41) is 0. The number of methoxy groups -OCH3 is 1. The van der Waals surface area contributed by atoms with Crippen LogP contribution in [0.3, 0.4) is 0 Å². The zero-order valence-electron chi connectivity index (χ0n) is 11.0. The average Bonchev–Trinajstić information content (AvgIpc) is 2.42. The summed E-state index contributed by atoms with van der Waals surface area (Å²) in [6, 6.07) is 8.33. The lowest BCUT2D eigenvalue weighted by atomic mass is 9.86. The fourth-order valence-electron chi connectivity index (χ4n) is 2.36. The van der Waals surface area contributed by atoms with Gasteiger partial charge in [0.1, 0.15) is 5.75 Å². The van der Waals surface area contributed by atoms with Crippen molar-refractivity contribution in [1.82, 2.24) is 5.43 Å². The van der Waals surface area contributed by atoms with Crippen LogP contribution in [0.1, 0.15) is 25.7 Å². The summed E-state index contributed by atoms with van der Waals surface area (Å²) in [5.74, 6) is 1.62. The van der Waals surface area contributed by atoms with Gasteiger partial charge in [-0.3, -0.25) is 0 Å². The maximum Gasteiger partial charge on any atom is 0.119 e. The van der Waals surface area contributed by atoms with E-state index >= 15 is 0 Å². The Kier molecular flexibility index (Phi) is 4.84. The number of hydrazine groups is 1. The molecule has 0 radical (unpaired) electrons. The van der Waals surface area contributed by atoms with Gasteiger partial charge in [0, 0.05) is 18.3 Å². The van der Waals surface area contributed by atoms with Crippen molar-refractivity contribution in [2.24, 2.45) is 11.7 Å². The molecule has 1 saturated carbocycles. The van der Waals surface area contributed by atoms with Crippen LogP contribution in [-0.4, -0.2) is 19.7 Å². The van der Waals surface area contributed by atoms with Crippen LogP contribution < -0.4 is 21.3 Å². The van der Waals surface area contributed by atoms with Crippen molar-refractivity contribution in [2.45, 2.75) is 31.7 Å². The summed E-state index contributed by atoms with van der Waals surface area (Å²) in [5.41, 5.74) is 13.5. The third-order valence-electron chi connectivity index (χ3n) is 3.60. The fraction of sp³-hybridized carbons (Fsp3) is 0.571. The monoisotopic (exact) mass is 249 g/mol. The van der Waals surface area contributed by atoms with Crippen LogP contribution in [0.25, 0.3) is 0 Å². The van der Waals surface area contributed by atoms with Crippen molar-refractivity contribution in [3.8, 4) is 5.75 Å². The van der Waals surface area contributed by atoms with Gasteiger partial charge in [0.05, 0.1) is 7.11 Å². The fourth-order valence-corrected chi connectivity index (χ4v) is 2.36. The van der Waals surface area contributed by atoms with Gasteiger partial charge in [-0.15, -0.1) is 0 Å². The Balaban J connectivity index is 1.68. The summed E-state index contributed by atoms with van der Waals surface area (Å²) in [6.07, 6.45) is 4.79. The molecule has 4 heteroatoms. The molecule has 1 fully saturated rings. The zero-order valence-corrected chi connectivity index (χ0v) is 11.0. The first-order valence-electron chi connectivity index (χ1n) is 6.66. The third kappa shape index (κ3) is 3.89. The lowest BCUT2D eigenvalue weighted by molar-refractivity contribution is 0.320. The third-order valence-corrected chi connectivity index (χ3v) is 3.60. The smallest absolute Gasteiger partial charge is 0.119 e. The van der Waals surface area contributed by atoms with E-state index in [0.29, 0.717) is 6.04 Å². The number of anilines is 1. The van der Waals surface area contributed by atoms with E-state index in [1.807, 2.05) is 24.3 Å². The first kappa shape index (κ1) is 13.2. The van der Waals surface area contributed by atoms with Crippen LogP contribution in [0.15, 0.2) is 24.3 Å². The lowest BCUT2D eigenvalue weighted by Crippen LogP contribution is -2.33. The van der Waals surface area contributed by atoms with E-state index in [9.17, 15) is 0 Å². The van der Waals surface area contributed by atoms with Crippen molar-refractivity contribution < 1.29 is 4.74 Å². The van der Waals surface area contributed by atoms with Crippen LogP contribution in [0, 0.1) is 5.92 Å². The highest BCUT2D eigenvalue weighted by Gasteiger charge is 2.17. The second-order valence-electron chi connectivity index (χ2n) is 5.02. The molecule has 4 nitrogen and oxygen atoms in total. The number of nitrogens with one attached hydrogen (secondary N) is 2. The molecule has 0 spiro atoms. The molecule has 0 unspecified atom stereocenters. The van der Waals surface area contributed by atoms with Gasteiger partial charge in [0.25, 0.3) is 0 Å². The van der Waals surface area contributed by atoms with Crippen LogP contribution in [-0.2, 0) is 0 Å². The van der Waals surface area contributed by atoms with Gasteiger partial charge in [0.15, 0.2) is 0 Å². The van der Waals surface area contributed by atoms with E-state index in [4.69, 9.17) is 10.5 Å². The van der Waals surface area contributed by atoms with Crippen LogP contribution in [0.5, 0.6) is 5.75 Å². The maximum absolute atomic E-state index is 5.90. The Morgan fingerprint density at radius 2 is 1.83 bits per heavy atom. The van der Waals surface area contributed by atoms with E-state index in [0.717, 1.165) is 36.7 Å². The summed E-state index contributed by atoms with van der Waals surface area (Å²) in [6.45, 7) is 0.999. The largest absolute Gasteiger partial charge is 0.497 e. The Labute approximate surface area is 109 Å². The van der Waals surface area contributed by atoms with E-state index in [-0.39, 0.29) is 0 Å². The first-order chi connectivity index (χ1) is 8.78. The minimum atomic E-state index is 0.427. The molecule has 18 heavy (non-hydrogen) atoms. The van der Waals surface area contributed by atoms with Crippen molar-refractivity contribution in [2.75, 3.05) is 19.1 Å². The number of ether oxygens (including phenoxy) is 1. The highest BCUT2D eigenvalue weighted by atomic mass is 16.5. The molecule has 0 atom stereocenters. The molecular formula is C14H23N3O. The average molecular weight is 249 g/mol. The molecule has 0 heterocycles. The molecule has 0 bridgehead atoms. The summed E-state index contributed by atoms with van der Waals surface area (Å²) in [4.78, 5) is 0. The van der Waals surface area contributed by atoms with Gasteiger partial charge in [-0.1, -0.05) is 0 Å². The normalized spacial score (nSPS) is 23.7. The first-order valence-corrected chi connectivity index (χ1v) is 6.66. The molecule has 0 amide bonds. The number of rotatable bonds is 5. The predicted molar refractivity (Wildman–Crippen MR) is 74.6 cm³/mol. The summed E-state index contributed by atoms with van der Waals surface area (Å²) >= 11 is 0. The highest BCUT2D eigenvalue weighted by Crippen LogP contribution is 2.22. The number of hydrogen-bond acceptors (Lipinski definition) is 4. The van der Waals surface area contributed by atoms with Gasteiger partial charge in [-0.25, -0.2) is 5.43 Å². The van der Waals surface area contributed by atoms with Gasteiger partial charge in [-0.05, 0) is 55.9 Å². The van der Waals surface area contributed by atoms with E-state index in [1.54, 1.807) is 7.11 Å². The summed E-state index contributed by atoms with van der Waals surface area (Å²) < 4.78 is 5.12. The number of nitrogens with two attached hydrogens (primary N) is 1. The maximum atomic E-state index is 5.90. The quantitative estimate of drug-likeness (QED) is 0.700. The lowest BCUT2D eigenvalue weighted by Gasteiger charge is -2.26. The van der Waals surface area contributed by atoms with E-state index in [1.165, 1.54) is 12.8 Å². The molecule has 1 aliphatic carbocycles. The number of hydrogen-bond donors (Lipinski definition) is 3. The molecular weight excluding hydrogens is 226 g/mol. The van der Waals surface area contributed by atoms with E-state index < -0.39 is 0 Å². The van der Waals surface area contributed by atoms with Crippen LogP contribution >= 0.6 is 0 Å². The minimum Gasteiger partial charge on any atom is -0.497 e. The Morgan fingerprint density at radius 3 is 2.44 bits per heavy atom. The Bertz CT molecular complexity index is 345. The van der Waals surface area contributed by atoms with Gasteiger partial charge >= 0.3 is 0 Å². The molecule has 2 rings (SSSR count).